The summed E-state index contributed by atoms with van der Waals surface area (Å²) < 4.78 is 0. The second-order valence-corrected chi connectivity index (χ2v) is 5.33. The van der Waals surface area contributed by atoms with Crippen molar-refractivity contribution in [2.45, 2.75) is 19.4 Å². The summed E-state index contributed by atoms with van der Waals surface area (Å²) >= 11 is 0. The summed E-state index contributed by atoms with van der Waals surface area (Å²) in [5.74, 6) is -0.251. The third-order valence-electron chi connectivity index (χ3n) is 3.84. The highest BCUT2D eigenvalue weighted by atomic mass is 16.3. The molecule has 0 aromatic heterocycles. The second-order valence-electron chi connectivity index (χ2n) is 5.33. The number of amides is 1. The number of rotatable bonds is 5. The number of hydrogen-bond donors (Lipinski definition) is 2. The van der Waals surface area contributed by atoms with E-state index in [0.29, 0.717) is 12.0 Å². The van der Waals surface area contributed by atoms with Crippen molar-refractivity contribution >= 4 is 5.91 Å². The van der Waals surface area contributed by atoms with Crippen LogP contribution in [-0.2, 0) is 0 Å². The molecule has 0 aliphatic carbocycles. The van der Waals surface area contributed by atoms with E-state index in [2.05, 4.69) is 0 Å². The fourth-order valence-electron chi connectivity index (χ4n) is 2.54. The largest absolute Gasteiger partial charge is 0.507 e. The molecule has 0 bridgehead atoms. The van der Waals surface area contributed by atoms with Gasteiger partial charge in [0.05, 0.1) is 11.6 Å². The number of aromatic hydroxyl groups is 1. The molecule has 0 saturated carbocycles. The van der Waals surface area contributed by atoms with Crippen molar-refractivity contribution in [1.29, 1.82) is 0 Å². The molecule has 1 amide bonds. The fourth-order valence-corrected chi connectivity index (χ4v) is 2.54. The molecule has 0 radical (unpaired) electrons. The van der Waals surface area contributed by atoms with Crippen LogP contribution in [-0.4, -0.2) is 34.7 Å². The normalized spacial score (nSPS) is 12.0. The molecule has 116 valence electrons. The van der Waals surface area contributed by atoms with Crippen LogP contribution >= 0.6 is 0 Å². The van der Waals surface area contributed by atoms with Crippen molar-refractivity contribution in [3.05, 3.63) is 65.2 Å². The van der Waals surface area contributed by atoms with Crippen LogP contribution in [0, 0.1) is 6.92 Å². The van der Waals surface area contributed by atoms with Crippen LogP contribution in [0.3, 0.4) is 0 Å². The van der Waals surface area contributed by atoms with E-state index in [1.54, 1.807) is 37.1 Å². The van der Waals surface area contributed by atoms with Crippen molar-refractivity contribution in [1.82, 2.24) is 4.90 Å². The van der Waals surface area contributed by atoms with Crippen LogP contribution in [0.5, 0.6) is 5.75 Å². The van der Waals surface area contributed by atoms with Gasteiger partial charge in [0.25, 0.3) is 5.91 Å². The smallest absolute Gasteiger partial charge is 0.257 e. The minimum Gasteiger partial charge on any atom is -0.507 e. The van der Waals surface area contributed by atoms with Gasteiger partial charge in [-0.2, -0.15) is 0 Å². The van der Waals surface area contributed by atoms with Crippen LogP contribution < -0.4 is 0 Å². The van der Waals surface area contributed by atoms with Crippen molar-refractivity contribution < 1.29 is 15.0 Å². The molecule has 4 nitrogen and oxygen atoms in total. The van der Waals surface area contributed by atoms with Crippen LogP contribution in [0.25, 0.3) is 0 Å². The molecule has 22 heavy (non-hydrogen) atoms. The Kier molecular flexibility index (Phi) is 5.17. The van der Waals surface area contributed by atoms with Gasteiger partial charge in [0.15, 0.2) is 0 Å². The number of aliphatic hydroxyl groups excluding tert-OH is 1. The van der Waals surface area contributed by atoms with E-state index in [1.807, 2.05) is 30.3 Å². The number of benzene rings is 2. The van der Waals surface area contributed by atoms with Gasteiger partial charge >= 0.3 is 0 Å². The monoisotopic (exact) mass is 299 g/mol. The Morgan fingerprint density at radius 2 is 1.82 bits per heavy atom. The lowest BCUT2D eigenvalue weighted by Crippen LogP contribution is -2.32. The average Bonchev–Trinajstić information content (AvgIpc) is 2.55. The van der Waals surface area contributed by atoms with E-state index in [4.69, 9.17) is 0 Å². The van der Waals surface area contributed by atoms with Gasteiger partial charge < -0.3 is 15.1 Å². The van der Waals surface area contributed by atoms with E-state index in [9.17, 15) is 15.0 Å². The summed E-state index contributed by atoms with van der Waals surface area (Å²) in [6.07, 6.45) is 0.443. The van der Waals surface area contributed by atoms with Crippen LogP contribution in [0.15, 0.2) is 48.5 Å². The highest BCUT2D eigenvalue weighted by Gasteiger charge is 2.24. The SMILES string of the molecule is Cc1cccc(C(=O)N(C)C(CCO)c2ccccc2)c1O. The highest BCUT2D eigenvalue weighted by molar-refractivity contribution is 5.97. The van der Waals surface area contributed by atoms with Crippen molar-refractivity contribution in [2.24, 2.45) is 0 Å². The van der Waals surface area contributed by atoms with Crippen LogP contribution in [0.1, 0.15) is 33.9 Å². The maximum Gasteiger partial charge on any atom is 0.257 e. The Balaban J connectivity index is 2.32. The fraction of sp³-hybridized carbons (Fsp3) is 0.278. The van der Waals surface area contributed by atoms with Gasteiger partial charge in [0, 0.05) is 13.7 Å². The molecule has 0 aliphatic rings. The Morgan fingerprint density at radius 1 is 1.14 bits per heavy atom. The van der Waals surface area contributed by atoms with Gasteiger partial charge in [0.1, 0.15) is 5.75 Å². The topological polar surface area (TPSA) is 60.8 Å². The molecule has 1 atom stereocenters. The van der Waals surface area contributed by atoms with Crippen LogP contribution in [0.4, 0.5) is 0 Å². The minimum atomic E-state index is -0.261. The Hall–Kier alpha value is -2.33. The van der Waals surface area contributed by atoms with E-state index in [0.717, 1.165) is 5.56 Å². The zero-order valence-corrected chi connectivity index (χ0v) is 12.9. The predicted molar refractivity (Wildman–Crippen MR) is 85.8 cm³/mol. The molecule has 2 aromatic carbocycles. The van der Waals surface area contributed by atoms with Gasteiger partial charge in [0.2, 0.25) is 0 Å². The van der Waals surface area contributed by atoms with E-state index in [-0.39, 0.29) is 29.9 Å². The van der Waals surface area contributed by atoms with Gasteiger partial charge in [-0.15, -0.1) is 0 Å². The van der Waals surface area contributed by atoms with Gasteiger partial charge in [-0.25, -0.2) is 0 Å². The van der Waals surface area contributed by atoms with Gasteiger partial charge in [-0.05, 0) is 30.5 Å². The third kappa shape index (κ3) is 3.28. The Morgan fingerprint density at radius 3 is 2.45 bits per heavy atom. The lowest BCUT2D eigenvalue weighted by molar-refractivity contribution is 0.0702. The molecular weight excluding hydrogens is 278 g/mol. The predicted octanol–water partition coefficient (Wildman–Crippen LogP) is 2.90. The third-order valence-corrected chi connectivity index (χ3v) is 3.84. The number of nitrogens with zero attached hydrogens (tertiary/aromatic N) is 1. The summed E-state index contributed by atoms with van der Waals surface area (Å²) in [5, 5.41) is 19.4. The summed E-state index contributed by atoms with van der Waals surface area (Å²) in [5.41, 5.74) is 1.90. The van der Waals surface area contributed by atoms with E-state index >= 15 is 0 Å². The molecule has 4 heteroatoms. The molecule has 0 fully saturated rings. The average molecular weight is 299 g/mol. The molecule has 0 spiro atoms. The summed E-state index contributed by atoms with van der Waals surface area (Å²) in [4.78, 5) is 14.3. The molecule has 2 N–H and O–H groups in total. The number of phenolic OH excluding ortho intramolecular Hbond substituents is 1. The zero-order chi connectivity index (χ0) is 16.1. The number of hydrogen-bond acceptors (Lipinski definition) is 3. The first-order valence-electron chi connectivity index (χ1n) is 7.27. The van der Waals surface area contributed by atoms with E-state index in [1.165, 1.54) is 0 Å². The van der Waals surface area contributed by atoms with Gasteiger partial charge in [-0.1, -0.05) is 42.5 Å². The minimum absolute atomic E-state index is 0.00941. The van der Waals surface area contributed by atoms with Crippen molar-refractivity contribution in [3.63, 3.8) is 0 Å². The van der Waals surface area contributed by atoms with Crippen molar-refractivity contribution in [2.75, 3.05) is 13.7 Å². The maximum absolute atomic E-state index is 12.7. The molecule has 0 heterocycles. The number of aliphatic hydroxyl groups is 1. The first kappa shape index (κ1) is 16.0. The molecule has 2 aromatic rings. The number of carbonyl (C=O) groups is 1. The number of carbonyl (C=O) groups excluding carboxylic acids is 1. The molecule has 2 rings (SSSR count). The highest BCUT2D eigenvalue weighted by Crippen LogP contribution is 2.28. The van der Waals surface area contributed by atoms with Crippen LogP contribution in [0.2, 0.25) is 0 Å². The zero-order valence-electron chi connectivity index (χ0n) is 12.9. The molecule has 1 unspecified atom stereocenters. The maximum atomic E-state index is 12.7. The summed E-state index contributed by atoms with van der Waals surface area (Å²) in [7, 11) is 1.69. The summed E-state index contributed by atoms with van der Waals surface area (Å²) in [6, 6.07) is 14.5. The van der Waals surface area contributed by atoms with Crippen molar-refractivity contribution in [3.8, 4) is 5.75 Å². The molecule has 0 aliphatic heterocycles. The Bertz CT molecular complexity index is 640. The standard InChI is InChI=1S/C18H21NO3/c1-13-7-6-10-15(17(13)21)18(22)19(2)16(11-12-20)14-8-4-3-5-9-14/h3-10,16,20-21H,11-12H2,1-2H3. The first-order chi connectivity index (χ1) is 10.6. The van der Waals surface area contributed by atoms with E-state index < -0.39 is 0 Å². The number of para-hydroxylation sites is 1. The second kappa shape index (κ2) is 7.09. The number of phenols is 1. The quantitative estimate of drug-likeness (QED) is 0.892. The molecular formula is C18H21NO3. The summed E-state index contributed by atoms with van der Waals surface area (Å²) in [6.45, 7) is 1.74. The molecule has 0 saturated heterocycles. The number of aryl methyl sites for hydroxylation is 1. The Labute approximate surface area is 130 Å². The lowest BCUT2D eigenvalue weighted by atomic mass is 10.0. The lowest BCUT2D eigenvalue weighted by Gasteiger charge is -2.28. The van der Waals surface area contributed by atoms with Gasteiger partial charge in [-0.3, -0.25) is 4.79 Å². The first-order valence-corrected chi connectivity index (χ1v) is 7.27.